The highest BCUT2D eigenvalue weighted by atomic mass is 16.6. The maximum atomic E-state index is 11.1. The minimum Gasteiger partial charge on any atom is -0.456 e. The maximum Gasteiger partial charge on any atom is 0.309 e. The summed E-state index contributed by atoms with van der Waals surface area (Å²) in [4.78, 5) is 11.1. The van der Waals surface area contributed by atoms with Gasteiger partial charge < -0.3 is 9.47 Å². The molecule has 0 aromatic heterocycles. The van der Waals surface area contributed by atoms with Crippen LogP contribution >= 0.6 is 0 Å². The van der Waals surface area contributed by atoms with Crippen molar-refractivity contribution in [3.05, 3.63) is 0 Å². The van der Waals surface area contributed by atoms with Crippen LogP contribution in [0.5, 0.6) is 0 Å². The number of ether oxygens (including phenoxy) is 2. The Kier molecular flexibility index (Phi) is 2.06. The normalized spacial score (nSPS) is 43.4. The van der Waals surface area contributed by atoms with Crippen LogP contribution < -0.4 is 0 Å². The highest BCUT2D eigenvalue weighted by Gasteiger charge is 2.55. The zero-order valence-corrected chi connectivity index (χ0v) is 8.21. The van der Waals surface area contributed by atoms with Gasteiger partial charge in [0.25, 0.3) is 0 Å². The average molecular weight is 184 g/mol. The van der Waals surface area contributed by atoms with E-state index in [1.807, 2.05) is 0 Å². The smallest absolute Gasteiger partial charge is 0.309 e. The summed E-state index contributed by atoms with van der Waals surface area (Å²) in [6.45, 7) is 4.17. The second-order valence-electron chi connectivity index (χ2n) is 3.96. The third kappa shape index (κ3) is 1.26. The molecule has 3 nitrogen and oxygen atoms in total. The lowest BCUT2D eigenvalue weighted by atomic mass is 9.91. The molecule has 74 valence electrons. The van der Waals surface area contributed by atoms with Gasteiger partial charge in [0, 0.05) is 6.42 Å². The molecular weight excluding hydrogens is 168 g/mol. The van der Waals surface area contributed by atoms with Gasteiger partial charge in [-0.2, -0.15) is 0 Å². The molecule has 0 bridgehead atoms. The summed E-state index contributed by atoms with van der Waals surface area (Å²) in [5.41, 5.74) is -0.280. The van der Waals surface area contributed by atoms with Crippen molar-refractivity contribution in [3.63, 3.8) is 0 Å². The fourth-order valence-electron chi connectivity index (χ4n) is 2.37. The minimum atomic E-state index is -0.280. The molecule has 0 saturated carbocycles. The third-order valence-corrected chi connectivity index (χ3v) is 3.24. The summed E-state index contributed by atoms with van der Waals surface area (Å²) < 4.78 is 11.1. The van der Waals surface area contributed by atoms with E-state index in [0.717, 1.165) is 19.3 Å². The van der Waals surface area contributed by atoms with Crippen LogP contribution in [0.25, 0.3) is 0 Å². The second-order valence-corrected chi connectivity index (χ2v) is 3.96. The van der Waals surface area contributed by atoms with E-state index in [4.69, 9.17) is 9.47 Å². The summed E-state index contributed by atoms with van der Waals surface area (Å²) in [7, 11) is 0. The average Bonchev–Trinajstić information content (AvgIpc) is 2.57. The van der Waals surface area contributed by atoms with Crippen molar-refractivity contribution in [3.8, 4) is 0 Å². The summed E-state index contributed by atoms with van der Waals surface area (Å²) >= 11 is 0. The summed E-state index contributed by atoms with van der Waals surface area (Å²) in [5, 5.41) is 0. The van der Waals surface area contributed by atoms with Gasteiger partial charge in [0.05, 0.1) is 12.5 Å². The van der Waals surface area contributed by atoms with Gasteiger partial charge in [-0.15, -0.1) is 0 Å². The minimum absolute atomic E-state index is 0.0231. The van der Waals surface area contributed by atoms with E-state index in [9.17, 15) is 4.79 Å². The SMILES string of the molecule is CC[C@H]1C[C@@]2(CC)OC(=O)C[C@H]2O1. The first-order chi connectivity index (χ1) is 6.20. The third-order valence-electron chi connectivity index (χ3n) is 3.24. The largest absolute Gasteiger partial charge is 0.456 e. The van der Waals surface area contributed by atoms with E-state index in [-0.39, 0.29) is 23.8 Å². The van der Waals surface area contributed by atoms with Crippen molar-refractivity contribution < 1.29 is 14.3 Å². The predicted molar refractivity (Wildman–Crippen MR) is 47.3 cm³/mol. The van der Waals surface area contributed by atoms with Crippen LogP contribution in [0.2, 0.25) is 0 Å². The number of carbonyl (C=O) groups is 1. The Balaban J connectivity index is 2.15. The van der Waals surface area contributed by atoms with Gasteiger partial charge in [-0.25, -0.2) is 0 Å². The first-order valence-electron chi connectivity index (χ1n) is 5.07. The van der Waals surface area contributed by atoms with Crippen LogP contribution in [0.15, 0.2) is 0 Å². The van der Waals surface area contributed by atoms with E-state index in [2.05, 4.69) is 13.8 Å². The molecule has 2 aliphatic rings. The molecule has 0 radical (unpaired) electrons. The summed E-state index contributed by atoms with van der Waals surface area (Å²) in [5.74, 6) is -0.0959. The molecule has 0 N–H and O–H groups in total. The first-order valence-corrected chi connectivity index (χ1v) is 5.07. The van der Waals surface area contributed by atoms with Gasteiger partial charge in [-0.1, -0.05) is 13.8 Å². The molecule has 0 aromatic carbocycles. The standard InChI is InChI=1S/C10H16O3/c1-3-7-6-10(4-2)8(12-7)5-9(11)13-10/h7-8H,3-6H2,1-2H3/t7-,8+,10+/m0/s1. The Morgan fingerprint density at radius 3 is 2.85 bits per heavy atom. The van der Waals surface area contributed by atoms with E-state index < -0.39 is 0 Å². The molecule has 2 rings (SSSR count). The lowest BCUT2D eigenvalue weighted by Crippen LogP contribution is -2.34. The molecule has 0 aromatic rings. The first kappa shape index (κ1) is 9.00. The molecule has 0 spiro atoms. The number of hydrogen-bond donors (Lipinski definition) is 0. The van der Waals surface area contributed by atoms with Crippen molar-refractivity contribution in [1.82, 2.24) is 0 Å². The quantitative estimate of drug-likeness (QED) is 0.612. The van der Waals surface area contributed by atoms with E-state index >= 15 is 0 Å². The summed E-state index contributed by atoms with van der Waals surface area (Å²) in [6.07, 6.45) is 3.53. The van der Waals surface area contributed by atoms with Crippen molar-refractivity contribution in [1.29, 1.82) is 0 Å². The molecule has 3 heteroatoms. The molecule has 2 heterocycles. The lowest BCUT2D eigenvalue weighted by Gasteiger charge is -2.23. The molecule has 2 fully saturated rings. The van der Waals surface area contributed by atoms with Gasteiger partial charge in [-0.05, 0) is 12.8 Å². The lowest BCUT2D eigenvalue weighted by molar-refractivity contribution is -0.148. The van der Waals surface area contributed by atoms with Crippen LogP contribution in [-0.2, 0) is 14.3 Å². The molecule has 3 atom stereocenters. The van der Waals surface area contributed by atoms with E-state index in [1.165, 1.54) is 0 Å². The van der Waals surface area contributed by atoms with Crippen molar-refractivity contribution in [2.24, 2.45) is 0 Å². The van der Waals surface area contributed by atoms with Crippen LogP contribution in [0.1, 0.15) is 39.5 Å². The fourth-order valence-corrected chi connectivity index (χ4v) is 2.37. The van der Waals surface area contributed by atoms with Crippen molar-refractivity contribution >= 4 is 5.97 Å². The van der Waals surface area contributed by atoms with Crippen LogP contribution in [-0.4, -0.2) is 23.8 Å². The molecule has 2 aliphatic heterocycles. The molecular formula is C10H16O3. The van der Waals surface area contributed by atoms with Gasteiger partial charge in [-0.3, -0.25) is 4.79 Å². The number of fused-ring (bicyclic) bond motifs is 1. The van der Waals surface area contributed by atoms with Crippen LogP contribution in [0, 0.1) is 0 Å². The zero-order valence-electron chi connectivity index (χ0n) is 8.21. The van der Waals surface area contributed by atoms with Gasteiger partial charge in [0.15, 0.2) is 0 Å². The number of esters is 1. The predicted octanol–water partition coefficient (Wildman–Crippen LogP) is 1.65. The second kappa shape index (κ2) is 2.98. The zero-order chi connectivity index (χ0) is 9.47. The van der Waals surface area contributed by atoms with Crippen LogP contribution in [0.4, 0.5) is 0 Å². The molecule has 2 saturated heterocycles. The Morgan fingerprint density at radius 2 is 2.31 bits per heavy atom. The van der Waals surface area contributed by atoms with Crippen molar-refractivity contribution in [2.75, 3.05) is 0 Å². The molecule has 0 aliphatic carbocycles. The maximum absolute atomic E-state index is 11.1. The Labute approximate surface area is 78.4 Å². The molecule has 13 heavy (non-hydrogen) atoms. The molecule has 0 unspecified atom stereocenters. The molecule has 0 amide bonds. The monoisotopic (exact) mass is 184 g/mol. The Hall–Kier alpha value is -0.570. The topological polar surface area (TPSA) is 35.5 Å². The number of rotatable bonds is 2. The highest BCUT2D eigenvalue weighted by Crippen LogP contribution is 2.43. The highest BCUT2D eigenvalue weighted by molar-refractivity contribution is 5.73. The van der Waals surface area contributed by atoms with Crippen LogP contribution in [0.3, 0.4) is 0 Å². The van der Waals surface area contributed by atoms with E-state index in [1.54, 1.807) is 0 Å². The van der Waals surface area contributed by atoms with Gasteiger partial charge >= 0.3 is 5.97 Å². The van der Waals surface area contributed by atoms with E-state index in [0.29, 0.717) is 6.42 Å². The van der Waals surface area contributed by atoms with Gasteiger partial charge in [0.1, 0.15) is 11.7 Å². The number of carbonyl (C=O) groups excluding carboxylic acids is 1. The Bertz CT molecular complexity index is 226. The number of hydrogen-bond acceptors (Lipinski definition) is 3. The van der Waals surface area contributed by atoms with Crippen molar-refractivity contribution in [2.45, 2.75) is 57.3 Å². The van der Waals surface area contributed by atoms with Gasteiger partial charge in [0.2, 0.25) is 0 Å². The fraction of sp³-hybridized carbons (Fsp3) is 0.900. The summed E-state index contributed by atoms with van der Waals surface area (Å²) in [6, 6.07) is 0. The Morgan fingerprint density at radius 1 is 1.54 bits per heavy atom.